The highest BCUT2D eigenvalue weighted by Crippen LogP contribution is 2.30. The molecule has 0 aliphatic rings. The van der Waals surface area contributed by atoms with Crippen molar-refractivity contribution in [3.63, 3.8) is 0 Å². The van der Waals surface area contributed by atoms with Crippen molar-refractivity contribution in [2.45, 2.75) is 4.90 Å². The van der Waals surface area contributed by atoms with Gasteiger partial charge >= 0.3 is 0 Å². The van der Waals surface area contributed by atoms with E-state index in [1.54, 1.807) is 18.2 Å². The number of halogens is 3. The molecule has 21 heavy (non-hydrogen) atoms. The summed E-state index contributed by atoms with van der Waals surface area (Å²) < 4.78 is 13.1. The van der Waals surface area contributed by atoms with E-state index in [9.17, 15) is 9.18 Å². The first kappa shape index (κ1) is 15.9. The van der Waals surface area contributed by atoms with Gasteiger partial charge in [-0.15, -0.1) is 11.8 Å². The molecule has 0 spiro atoms. The third-order valence-electron chi connectivity index (χ3n) is 2.54. The minimum absolute atomic E-state index is 0.107. The van der Waals surface area contributed by atoms with Crippen molar-refractivity contribution in [1.82, 2.24) is 0 Å². The van der Waals surface area contributed by atoms with Crippen LogP contribution in [0.4, 0.5) is 15.8 Å². The lowest BCUT2D eigenvalue weighted by Gasteiger charge is -2.09. The van der Waals surface area contributed by atoms with Crippen molar-refractivity contribution in [3.8, 4) is 0 Å². The summed E-state index contributed by atoms with van der Waals surface area (Å²) in [4.78, 5) is 12.6. The van der Waals surface area contributed by atoms with Crippen molar-refractivity contribution < 1.29 is 9.18 Å². The van der Waals surface area contributed by atoms with E-state index >= 15 is 0 Å². The summed E-state index contributed by atoms with van der Waals surface area (Å²) in [5, 5.41) is 3.61. The number of benzene rings is 2. The van der Waals surface area contributed by atoms with E-state index in [0.717, 1.165) is 0 Å². The van der Waals surface area contributed by atoms with E-state index in [-0.39, 0.29) is 17.3 Å². The van der Waals surface area contributed by atoms with Crippen LogP contribution in [-0.4, -0.2) is 11.7 Å². The largest absolute Gasteiger partial charge is 0.397 e. The molecular formula is C14H11Cl2FN2OS. The summed E-state index contributed by atoms with van der Waals surface area (Å²) in [6, 6.07) is 8.80. The Hall–Kier alpha value is -1.43. The third kappa shape index (κ3) is 4.52. The molecule has 1 amide bonds. The highest BCUT2D eigenvalue weighted by molar-refractivity contribution is 8.00. The fourth-order valence-electron chi connectivity index (χ4n) is 1.55. The maximum absolute atomic E-state index is 13.1. The molecule has 0 fully saturated rings. The summed E-state index contributed by atoms with van der Waals surface area (Å²) in [6.07, 6.45) is 0. The van der Waals surface area contributed by atoms with Gasteiger partial charge in [0.15, 0.2) is 0 Å². The molecule has 0 radical (unpaired) electrons. The number of nitrogen functional groups attached to an aromatic ring is 1. The Balaban J connectivity index is 1.99. The monoisotopic (exact) mass is 344 g/mol. The van der Waals surface area contributed by atoms with Crippen LogP contribution in [0.2, 0.25) is 10.0 Å². The smallest absolute Gasteiger partial charge is 0.234 e. The molecule has 0 atom stereocenters. The number of nitrogens with two attached hydrogens (primary N) is 1. The second-order valence-corrected chi connectivity index (χ2v) is 6.00. The van der Waals surface area contributed by atoms with Crippen LogP contribution in [0.15, 0.2) is 41.3 Å². The van der Waals surface area contributed by atoms with E-state index in [2.05, 4.69) is 5.32 Å². The second-order valence-electron chi connectivity index (χ2n) is 4.14. The number of anilines is 2. The third-order valence-corrected chi connectivity index (χ3v) is 4.27. The Kier molecular flexibility index (Phi) is 5.33. The lowest BCUT2D eigenvalue weighted by molar-refractivity contribution is -0.113. The zero-order chi connectivity index (χ0) is 15.4. The van der Waals surface area contributed by atoms with Crippen LogP contribution in [0, 0.1) is 5.82 Å². The highest BCUT2D eigenvalue weighted by atomic mass is 35.5. The van der Waals surface area contributed by atoms with E-state index in [1.165, 1.54) is 30.0 Å². The van der Waals surface area contributed by atoms with Gasteiger partial charge < -0.3 is 11.1 Å². The summed E-state index contributed by atoms with van der Waals surface area (Å²) in [5.41, 5.74) is 6.21. The summed E-state index contributed by atoms with van der Waals surface area (Å²) in [6.45, 7) is 0. The number of carbonyl (C=O) groups excluding carboxylic acids is 1. The van der Waals surface area contributed by atoms with Crippen LogP contribution in [-0.2, 0) is 4.79 Å². The molecule has 2 aromatic carbocycles. The number of hydrogen-bond donors (Lipinski definition) is 2. The normalized spacial score (nSPS) is 10.4. The SMILES string of the molecule is Nc1ccc(F)cc1NC(=O)CSc1cc(Cl)ccc1Cl. The van der Waals surface area contributed by atoms with Crippen LogP contribution >= 0.6 is 35.0 Å². The van der Waals surface area contributed by atoms with Crippen molar-refractivity contribution in [3.05, 3.63) is 52.3 Å². The molecule has 0 saturated heterocycles. The number of thioether (sulfide) groups is 1. The van der Waals surface area contributed by atoms with Crippen LogP contribution in [0.5, 0.6) is 0 Å². The number of carbonyl (C=O) groups is 1. The number of rotatable bonds is 4. The summed E-state index contributed by atoms with van der Waals surface area (Å²) in [5.74, 6) is -0.672. The number of nitrogens with one attached hydrogen (secondary N) is 1. The first-order valence-corrected chi connectivity index (χ1v) is 7.62. The predicted octanol–water partition coefficient (Wildman–Crippen LogP) is 4.45. The van der Waals surface area contributed by atoms with Gasteiger partial charge in [0.25, 0.3) is 0 Å². The van der Waals surface area contributed by atoms with Gasteiger partial charge in [-0.2, -0.15) is 0 Å². The quantitative estimate of drug-likeness (QED) is 0.636. The van der Waals surface area contributed by atoms with Crippen LogP contribution in [0.3, 0.4) is 0 Å². The molecule has 2 aromatic rings. The minimum Gasteiger partial charge on any atom is -0.397 e. The Morgan fingerprint density at radius 1 is 1.24 bits per heavy atom. The lowest BCUT2D eigenvalue weighted by Crippen LogP contribution is -2.15. The molecule has 3 N–H and O–H groups in total. The first-order chi connectivity index (χ1) is 9.95. The fraction of sp³-hybridized carbons (Fsp3) is 0.0714. The maximum Gasteiger partial charge on any atom is 0.234 e. The molecule has 2 rings (SSSR count). The number of amides is 1. The summed E-state index contributed by atoms with van der Waals surface area (Å²) >= 11 is 13.1. The lowest BCUT2D eigenvalue weighted by atomic mass is 10.2. The van der Waals surface area contributed by atoms with Gasteiger partial charge in [0.05, 0.1) is 22.2 Å². The molecule has 0 bridgehead atoms. The molecule has 0 saturated carbocycles. The molecule has 7 heteroatoms. The van der Waals surface area contributed by atoms with Crippen LogP contribution in [0.25, 0.3) is 0 Å². The molecular weight excluding hydrogens is 334 g/mol. The highest BCUT2D eigenvalue weighted by Gasteiger charge is 2.09. The van der Waals surface area contributed by atoms with Crippen molar-refractivity contribution in [1.29, 1.82) is 0 Å². The van der Waals surface area contributed by atoms with Crippen molar-refractivity contribution >= 4 is 52.2 Å². The van der Waals surface area contributed by atoms with Gasteiger partial charge in [-0.3, -0.25) is 4.79 Å². The fourth-order valence-corrected chi connectivity index (χ4v) is 2.85. The zero-order valence-corrected chi connectivity index (χ0v) is 13.0. The molecule has 110 valence electrons. The Morgan fingerprint density at radius 3 is 2.76 bits per heavy atom. The number of hydrogen-bond acceptors (Lipinski definition) is 3. The van der Waals surface area contributed by atoms with Gasteiger partial charge in [-0.1, -0.05) is 23.2 Å². The Morgan fingerprint density at radius 2 is 2.00 bits per heavy atom. The van der Waals surface area contributed by atoms with Crippen molar-refractivity contribution in [2.24, 2.45) is 0 Å². The average Bonchev–Trinajstić information content (AvgIpc) is 2.44. The summed E-state index contributed by atoms with van der Waals surface area (Å²) in [7, 11) is 0. The first-order valence-electron chi connectivity index (χ1n) is 5.88. The average molecular weight is 345 g/mol. The maximum atomic E-state index is 13.1. The van der Waals surface area contributed by atoms with E-state index in [4.69, 9.17) is 28.9 Å². The van der Waals surface area contributed by atoms with E-state index < -0.39 is 5.82 Å². The van der Waals surface area contributed by atoms with Gasteiger partial charge in [-0.25, -0.2) is 4.39 Å². The Labute approximate surface area is 135 Å². The van der Waals surface area contributed by atoms with Crippen LogP contribution in [0.1, 0.15) is 0 Å². The van der Waals surface area contributed by atoms with E-state index in [0.29, 0.717) is 20.6 Å². The minimum atomic E-state index is -0.468. The topological polar surface area (TPSA) is 55.1 Å². The van der Waals surface area contributed by atoms with Gasteiger partial charge in [-0.05, 0) is 36.4 Å². The molecule has 3 nitrogen and oxygen atoms in total. The molecule has 0 heterocycles. The van der Waals surface area contributed by atoms with Crippen LogP contribution < -0.4 is 11.1 Å². The predicted molar refractivity (Wildman–Crippen MR) is 86.6 cm³/mol. The zero-order valence-electron chi connectivity index (χ0n) is 10.7. The second kappa shape index (κ2) is 7.02. The van der Waals surface area contributed by atoms with Crippen molar-refractivity contribution in [2.75, 3.05) is 16.8 Å². The molecule has 0 aliphatic heterocycles. The van der Waals surface area contributed by atoms with Gasteiger partial charge in [0.2, 0.25) is 5.91 Å². The Bertz CT molecular complexity index is 682. The molecule has 0 unspecified atom stereocenters. The molecule has 0 aliphatic carbocycles. The van der Waals surface area contributed by atoms with E-state index in [1.807, 2.05) is 0 Å². The standard InChI is InChI=1S/C14H11Cl2FN2OS/c15-8-1-3-10(16)13(5-8)21-7-14(20)19-12-6-9(17)2-4-11(12)18/h1-6H,7,18H2,(H,19,20). The van der Waals surface area contributed by atoms with Gasteiger partial charge in [0, 0.05) is 9.92 Å². The van der Waals surface area contributed by atoms with Gasteiger partial charge in [0.1, 0.15) is 5.82 Å². The molecule has 0 aromatic heterocycles.